The number of likely N-dealkylation sites (tertiary alicyclic amines) is 1. The number of aryl methyl sites for hydroxylation is 1. The van der Waals surface area contributed by atoms with Crippen LogP contribution in [0.4, 0.5) is 0 Å². The molecule has 0 bridgehead atoms. The standard InChI is InChI=1S/C18H25N3O3/c1-13-7-16(20-19-13)9-15-11-21(12-18(15)23)10-14-3-2-4-17(8-14)24-6-5-22/h2-4,7-8,15,18,22-23H,5-6,9-12H2,1H3,(H,19,20)/t15-,18-/m1/s1. The summed E-state index contributed by atoms with van der Waals surface area (Å²) >= 11 is 0. The van der Waals surface area contributed by atoms with Crippen molar-refractivity contribution in [3.05, 3.63) is 47.3 Å². The van der Waals surface area contributed by atoms with Crippen LogP contribution in [0.25, 0.3) is 0 Å². The van der Waals surface area contributed by atoms with Crippen LogP contribution in [0.2, 0.25) is 0 Å². The minimum atomic E-state index is -0.323. The Hall–Kier alpha value is -1.89. The maximum Gasteiger partial charge on any atom is 0.119 e. The second-order valence-corrected chi connectivity index (χ2v) is 6.49. The van der Waals surface area contributed by atoms with Gasteiger partial charge in [-0.3, -0.25) is 10.00 Å². The van der Waals surface area contributed by atoms with E-state index in [2.05, 4.69) is 21.2 Å². The van der Waals surface area contributed by atoms with Crippen molar-refractivity contribution in [2.45, 2.75) is 26.0 Å². The lowest BCUT2D eigenvalue weighted by molar-refractivity contribution is 0.140. The van der Waals surface area contributed by atoms with Crippen molar-refractivity contribution in [2.75, 3.05) is 26.3 Å². The van der Waals surface area contributed by atoms with E-state index in [0.717, 1.165) is 42.2 Å². The number of aromatic amines is 1. The summed E-state index contributed by atoms with van der Waals surface area (Å²) in [6.45, 7) is 4.61. The van der Waals surface area contributed by atoms with Crippen LogP contribution in [0.5, 0.6) is 5.75 Å². The van der Waals surface area contributed by atoms with E-state index in [-0.39, 0.29) is 18.6 Å². The van der Waals surface area contributed by atoms with E-state index in [1.807, 2.05) is 31.2 Å². The third-order valence-corrected chi connectivity index (χ3v) is 4.38. The fourth-order valence-electron chi connectivity index (χ4n) is 3.27. The third-order valence-electron chi connectivity index (χ3n) is 4.38. The highest BCUT2D eigenvalue weighted by molar-refractivity contribution is 5.28. The smallest absolute Gasteiger partial charge is 0.119 e. The lowest BCUT2D eigenvalue weighted by Gasteiger charge is -2.16. The number of aliphatic hydroxyl groups is 2. The topological polar surface area (TPSA) is 81.6 Å². The number of aromatic nitrogens is 2. The van der Waals surface area contributed by atoms with Gasteiger partial charge in [0.15, 0.2) is 0 Å². The first kappa shape index (κ1) is 17.0. The molecule has 1 aliphatic heterocycles. The Bertz CT molecular complexity index is 658. The molecule has 6 heteroatoms. The molecule has 130 valence electrons. The average Bonchev–Trinajstić information content (AvgIpc) is 3.12. The molecule has 3 N–H and O–H groups in total. The van der Waals surface area contributed by atoms with Crippen LogP contribution in [0.15, 0.2) is 30.3 Å². The number of aliphatic hydroxyl groups excluding tert-OH is 2. The van der Waals surface area contributed by atoms with Gasteiger partial charge in [0.2, 0.25) is 0 Å². The molecule has 0 amide bonds. The van der Waals surface area contributed by atoms with Gasteiger partial charge < -0.3 is 14.9 Å². The maximum absolute atomic E-state index is 10.3. The minimum absolute atomic E-state index is 0.0108. The largest absolute Gasteiger partial charge is 0.491 e. The van der Waals surface area contributed by atoms with Gasteiger partial charge in [0.1, 0.15) is 12.4 Å². The number of β-amino-alcohol motifs (C(OH)–C–C–N with tert-alkyl or cyclic N) is 1. The molecule has 0 radical (unpaired) electrons. The van der Waals surface area contributed by atoms with Gasteiger partial charge in [-0.15, -0.1) is 0 Å². The Kier molecular flexibility index (Phi) is 5.50. The molecule has 2 atom stereocenters. The van der Waals surface area contributed by atoms with Crippen molar-refractivity contribution in [2.24, 2.45) is 5.92 Å². The van der Waals surface area contributed by atoms with Crippen molar-refractivity contribution in [3.8, 4) is 5.75 Å². The summed E-state index contributed by atoms with van der Waals surface area (Å²) in [7, 11) is 0. The zero-order valence-corrected chi connectivity index (χ0v) is 14.0. The summed E-state index contributed by atoms with van der Waals surface area (Å²) in [5, 5.41) is 26.4. The van der Waals surface area contributed by atoms with Gasteiger partial charge in [-0.05, 0) is 37.1 Å². The monoisotopic (exact) mass is 331 g/mol. The molecule has 1 fully saturated rings. The number of hydrogen-bond donors (Lipinski definition) is 3. The van der Waals surface area contributed by atoms with Crippen molar-refractivity contribution < 1.29 is 14.9 Å². The molecule has 0 aliphatic carbocycles. The van der Waals surface area contributed by atoms with Gasteiger partial charge in [-0.25, -0.2) is 0 Å². The van der Waals surface area contributed by atoms with E-state index in [1.165, 1.54) is 0 Å². The van der Waals surface area contributed by atoms with Crippen LogP contribution >= 0.6 is 0 Å². The van der Waals surface area contributed by atoms with Crippen LogP contribution in [-0.2, 0) is 13.0 Å². The average molecular weight is 331 g/mol. The number of rotatable bonds is 7. The highest BCUT2D eigenvalue weighted by atomic mass is 16.5. The number of benzene rings is 1. The molecule has 1 aromatic carbocycles. The molecule has 3 rings (SSSR count). The molecule has 2 aromatic rings. The lowest BCUT2D eigenvalue weighted by atomic mass is 10.0. The van der Waals surface area contributed by atoms with Crippen LogP contribution < -0.4 is 4.74 Å². The quantitative estimate of drug-likeness (QED) is 0.708. The maximum atomic E-state index is 10.3. The van der Waals surface area contributed by atoms with E-state index in [4.69, 9.17) is 9.84 Å². The van der Waals surface area contributed by atoms with Crippen LogP contribution in [0, 0.1) is 12.8 Å². The Balaban J connectivity index is 1.56. The summed E-state index contributed by atoms with van der Waals surface area (Å²) in [5.74, 6) is 0.978. The van der Waals surface area contributed by atoms with E-state index in [0.29, 0.717) is 13.2 Å². The highest BCUT2D eigenvalue weighted by Crippen LogP contribution is 2.24. The second-order valence-electron chi connectivity index (χ2n) is 6.49. The van der Waals surface area contributed by atoms with Gasteiger partial charge in [0, 0.05) is 31.2 Å². The number of H-pyrrole nitrogens is 1. The number of nitrogens with one attached hydrogen (secondary N) is 1. The van der Waals surface area contributed by atoms with Crippen molar-refractivity contribution in [1.29, 1.82) is 0 Å². The molecule has 24 heavy (non-hydrogen) atoms. The molecule has 1 aliphatic rings. The third kappa shape index (κ3) is 4.35. The molecule has 0 unspecified atom stereocenters. The Morgan fingerprint density at radius 3 is 2.96 bits per heavy atom. The van der Waals surface area contributed by atoms with Gasteiger partial charge in [0.05, 0.1) is 18.4 Å². The number of hydrogen-bond acceptors (Lipinski definition) is 5. The summed E-state index contributed by atoms with van der Waals surface area (Å²) in [6.07, 6.45) is 0.470. The molecule has 2 heterocycles. The summed E-state index contributed by atoms with van der Waals surface area (Å²) in [5.41, 5.74) is 3.21. The zero-order chi connectivity index (χ0) is 16.9. The van der Waals surface area contributed by atoms with Crippen molar-refractivity contribution in [3.63, 3.8) is 0 Å². The summed E-state index contributed by atoms with van der Waals surface area (Å²) in [6, 6.07) is 9.94. The molecule has 1 aromatic heterocycles. The molecule has 0 spiro atoms. The second kappa shape index (κ2) is 7.79. The van der Waals surface area contributed by atoms with Gasteiger partial charge in [0.25, 0.3) is 0 Å². The molecule has 6 nitrogen and oxygen atoms in total. The first-order chi connectivity index (χ1) is 11.6. The van der Waals surface area contributed by atoms with E-state index in [1.54, 1.807) is 0 Å². The first-order valence-corrected chi connectivity index (χ1v) is 8.38. The van der Waals surface area contributed by atoms with E-state index < -0.39 is 0 Å². The zero-order valence-electron chi connectivity index (χ0n) is 14.0. The predicted octanol–water partition coefficient (Wildman–Crippen LogP) is 1.12. The summed E-state index contributed by atoms with van der Waals surface area (Å²) < 4.78 is 5.45. The first-order valence-electron chi connectivity index (χ1n) is 8.38. The lowest BCUT2D eigenvalue weighted by Crippen LogP contribution is -2.21. The molecular formula is C18H25N3O3. The Morgan fingerprint density at radius 2 is 2.21 bits per heavy atom. The van der Waals surface area contributed by atoms with E-state index >= 15 is 0 Å². The van der Waals surface area contributed by atoms with Crippen molar-refractivity contribution >= 4 is 0 Å². The number of nitrogens with zero attached hydrogens (tertiary/aromatic N) is 2. The van der Waals surface area contributed by atoms with Crippen LogP contribution in [0.3, 0.4) is 0 Å². The van der Waals surface area contributed by atoms with Crippen LogP contribution in [-0.4, -0.2) is 57.7 Å². The fourth-order valence-corrected chi connectivity index (χ4v) is 3.27. The fraction of sp³-hybridized carbons (Fsp3) is 0.500. The molecule has 1 saturated heterocycles. The van der Waals surface area contributed by atoms with E-state index in [9.17, 15) is 5.11 Å². The summed E-state index contributed by atoms with van der Waals surface area (Å²) in [4.78, 5) is 2.26. The van der Waals surface area contributed by atoms with Crippen molar-refractivity contribution in [1.82, 2.24) is 15.1 Å². The van der Waals surface area contributed by atoms with Gasteiger partial charge in [-0.2, -0.15) is 5.10 Å². The normalized spacial score (nSPS) is 21.3. The number of ether oxygens (including phenoxy) is 1. The van der Waals surface area contributed by atoms with Gasteiger partial charge >= 0.3 is 0 Å². The van der Waals surface area contributed by atoms with Gasteiger partial charge in [-0.1, -0.05) is 12.1 Å². The molecular weight excluding hydrogens is 306 g/mol. The SMILES string of the molecule is Cc1cc(C[C@@H]2CN(Cc3cccc(OCCO)c3)C[C@H]2O)n[nH]1. The predicted molar refractivity (Wildman–Crippen MR) is 90.8 cm³/mol. The molecule has 0 saturated carbocycles. The van der Waals surface area contributed by atoms with Crippen LogP contribution in [0.1, 0.15) is 17.0 Å². The highest BCUT2D eigenvalue weighted by Gasteiger charge is 2.31. The Labute approximate surface area is 142 Å². The minimum Gasteiger partial charge on any atom is -0.491 e. The Morgan fingerprint density at radius 1 is 1.33 bits per heavy atom.